The van der Waals surface area contributed by atoms with E-state index >= 15 is 0 Å². The molecule has 0 fully saturated rings. The van der Waals surface area contributed by atoms with Crippen molar-refractivity contribution in [3.05, 3.63) is 34.3 Å². The number of hydrogen-bond donors (Lipinski definition) is 2. The number of aryl methyl sites for hydroxylation is 1. The molecule has 2 atom stereocenters. The van der Waals surface area contributed by atoms with Crippen molar-refractivity contribution >= 4 is 11.6 Å². The van der Waals surface area contributed by atoms with E-state index in [4.69, 9.17) is 17.3 Å². The van der Waals surface area contributed by atoms with Gasteiger partial charge in [-0.15, -0.1) is 0 Å². The molecule has 0 saturated heterocycles. The molecule has 0 saturated carbocycles. The van der Waals surface area contributed by atoms with Gasteiger partial charge >= 0.3 is 0 Å². The molecule has 72 valence electrons. The van der Waals surface area contributed by atoms with Crippen LogP contribution in [-0.2, 0) is 0 Å². The summed E-state index contributed by atoms with van der Waals surface area (Å²) in [6.07, 6.45) is -0.585. The quantitative estimate of drug-likeness (QED) is 0.766. The van der Waals surface area contributed by atoms with Gasteiger partial charge in [0.15, 0.2) is 0 Å². The van der Waals surface area contributed by atoms with Gasteiger partial charge in [0.25, 0.3) is 0 Å². The highest BCUT2D eigenvalue weighted by Gasteiger charge is 2.16. The highest BCUT2D eigenvalue weighted by molar-refractivity contribution is 6.31. The van der Waals surface area contributed by atoms with Crippen LogP contribution in [0, 0.1) is 6.92 Å². The van der Waals surface area contributed by atoms with E-state index in [0.717, 1.165) is 11.1 Å². The lowest BCUT2D eigenvalue weighted by Gasteiger charge is -2.18. The van der Waals surface area contributed by atoms with Gasteiger partial charge in [-0.3, -0.25) is 0 Å². The van der Waals surface area contributed by atoms with Gasteiger partial charge in [0.05, 0.1) is 12.1 Å². The Bertz CT molecular complexity index is 279. The van der Waals surface area contributed by atoms with E-state index in [2.05, 4.69) is 0 Å². The fraction of sp³-hybridized carbons (Fsp3) is 0.400. The van der Waals surface area contributed by atoms with E-state index in [1.54, 1.807) is 13.0 Å². The van der Waals surface area contributed by atoms with Crippen LogP contribution in [0.5, 0.6) is 0 Å². The third-order valence-corrected chi connectivity index (χ3v) is 2.45. The first-order valence-electron chi connectivity index (χ1n) is 4.22. The number of halogens is 1. The van der Waals surface area contributed by atoms with Crippen molar-refractivity contribution in [3.8, 4) is 0 Å². The highest BCUT2D eigenvalue weighted by Crippen LogP contribution is 2.26. The zero-order chi connectivity index (χ0) is 10.0. The van der Waals surface area contributed by atoms with Crippen LogP contribution in [0.4, 0.5) is 0 Å². The molecule has 1 aromatic rings. The van der Waals surface area contributed by atoms with Crippen molar-refractivity contribution in [1.82, 2.24) is 0 Å². The van der Waals surface area contributed by atoms with Gasteiger partial charge in [-0.1, -0.05) is 23.7 Å². The Labute approximate surface area is 83.3 Å². The second-order valence-electron chi connectivity index (χ2n) is 3.24. The van der Waals surface area contributed by atoms with Crippen LogP contribution in [-0.4, -0.2) is 11.2 Å². The summed E-state index contributed by atoms with van der Waals surface area (Å²) >= 11 is 5.98. The summed E-state index contributed by atoms with van der Waals surface area (Å²) in [7, 11) is 0. The molecule has 3 heteroatoms. The largest absolute Gasteiger partial charge is 0.391 e. The molecule has 0 amide bonds. The zero-order valence-corrected chi connectivity index (χ0v) is 8.55. The summed E-state index contributed by atoms with van der Waals surface area (Å²) < 4.78 is 0. The zero-order valence-electron chi connectivity index (χ0n) is 7.79. The van der Waals surface area contributed by atoms with E-state index in [-0.39, 0.29) is 0 Å². The van der Waals surface area contributed by atoms with Gasteiger partial charge in [0.2, 0.25) is 0 Å². The maximum absolute atomic E-state index is 9.34. The molecule has 3 N–H and O–H groups in total. The molecule has 1 aromatic carbocycles. The third kappa shape index (κ3) is 2.21. The first-order chi connectivity index (χ1) is 6.04. The van der Waals surface area contributed by atoms with Gasteiger partial charge < -0.3 is 10.8 Å². The minimum absolute atomic E-state index is 0.409. The second kappa shape index (κ2) is 4.09. The number of aliphatic hydroxyl groups excluding tert-OH is 1. The summed E-state index contributed by atoms with van der Waals surface area (Å²) in [5, 5.41) is 9.96. The van der Waals surface area contributed by atoms with Crippen molar-refractivity contribution in [3.63, 3.8) is 0 Å². The van der Waals surface area contributed by atoms with Crippen molar-refractivity contribution < 1.29 is 5.11 Å². The Kier molecular flexibility index (Phi) is 3.31. The second-order valence-corrected chi connectivity index (χ2v) is 3.64. The van der Waals surface area contributed by atoms with Gasteiger partial charge in [-0.2, -0.15) is 0 Å². The van der Waals surface area contributed by atoms with Gasteiger partial charge in [-0.05, 0) is 31.0 Å². The molecule has 0 bridgehead atoms. The van der Waals surface area contributed by atoms with Crippen molar-refractivity contribution in [2.75, 3.05) is 0 Å². The predicted molar refractivity (Wildman–Crippen MR) is 54.8 cm³/mol. The number of hydrogen-bond acceptors (Lipinski definition) is 2. The van der Waals surface area contributed by atoms with Crippen LogP contribution in [0.25, 0.3) is 0 Å². The Morgan fingerprint density at radius 2 is 2.08 bits per heavy atom. The molecular weight excluding hydrogens is 186 g/mol. The summed E-state index contributed by atoms with van der Waals surface area (Å²) in [4.78, 5) is 0. The van der Waals surface area contributed by atoms with Crippen LogP contribution < -0.4 is 5.73 Å². The third-order valence-electron chi connectivity index (χ3n) is 2.12. The maximum Gasteiger partial charge on any atom is 0.0705 e. The molecule has 0 aliphatic carbocycles. The molecule has 0 spiro atoms. The maximum atomic E-state index is 9.34. The van der Waals surface area contributed by atoms with Crippen LogP contribution >= 0.6 is 11.6 Å². The van der Waals surface area contributed by atoms with Gasteiger partial charge in [0.1, 0.15) is 0 Å². The number of aliphatic hydroxyl groups is 1. The molecular formula is C10H14ClNO. The van der Waals surface area contributed by atoms with Crippen LogP contribution in [0.2, 0.25) is 5.02 Å². The molecule has 2 nitrogen and oxygen atoms in total. The minimum Gasteiger partial charge on any atom is -0.391 e. The molecule has 0 aliphatic rings. The lowest BCUT2D eigenvalue weighted by atomic mass is 9.98. The van der Waals surface area contributed by atoms with Crippen LogP contribution in [0.1, 0.15) is 24.1 Å². The van der Waals surface area contributed by atoms with Gasteiger partial charge in [0, 0.05) is 5.02 Å². The fourth-order valence-electron chi connectivity index (χ4n) is 1.31. The predicted octanol–water partition coefficient (Wildman–Crippen LogP) is 2.03. The smallest absolute Gasteiger partial charge is 0.0705 e. The van der Waals surface area contributed by atoms with Crippen LogP contribution in [0.15, 0.2) is 18.2 Å². The number of rotatable bonds is 2. The average molecular weight is 200 g/mol. The van der Waals surface area contributed by atoms with E-state index in [1.165, 1.54) is 0 Å². The lowest BCUT2D eigenvalue weighted by molar-refractivity contribution is 0.164. The van der Waals surface area contributed by atoms with Crippen molar-refractivity contribution in [2.24, 2.45) is 5.73 Å². The minimum atomic E-state index is -0.585. The Balaban J connectivity index is 3.12. The molecule has 0 aliphatic heterocycles. The first-order valence-corrected chi connectivity index (χ1v) is 4.60. The van der Waals surface area contributed by atoms with Gasteiger partial charge in [-0.25, -0.2) is 0 Å². The topological polar surface area (TPSA) is 46.2 Å². The summed E-state index contributed by atoms with van der Waals surface area (Å²) in [5.74, 6) is 0. The standard InChI is InChI=1S/C10H14ClNO/c1-6-4-3-5-8(11)9(6)10(12)7(2)13/h3-5,7,10,13H,12H2,1-2H3. The molecule has 13 heavy (non-hydrogen) atoms. The van der Waals surface area contributed by atoms with E-state index < -0.39 is 12.1 Å². The molecule has 0 heterocycles. The SMILES string of the molecule is Cc1cccc(Cl)c1C(N)C(C)O. The van der Waals surface area contributed by atoms with E-state index in [1.807, 2.05) is 19.1 Å². The normalized spacial score (nSPS) is 15.5. The van der Waals surface area contributed by atoms with Crippen molar-refractivity contribution in [2.45, 2.75) is 26.0 Å². The summed E-state index contributed by atoms with van der Waals surface area (Å²) in [5.41, 5.74) is 7.65. The van der Waals surface area contributed by atoms with E-state index in [0.29, 0.717) is 5.02 Å². The highest BCUT2D eigenvalue weighted by atomic mass is 35.5. The molecule has 1 rings (SSSR count). The van der Waals surface area contributed by atoms with E-state index in [9.17, 15) is 5.11 Å². The Hall–Kier alpha value is -0.570. The molecule has 2 unspecified atom stereocenters. The number of benzene rings is 1. The summed E-state index contributed by atoms with van der Waals surface area (Å²) in [6.45, 7) is 3.59. The Morgan fingerprint density at radius 1 is 1.46 bits per heavy atom. The first kappa shape index (κ1) is 10.5. The molecule has 0 aromatic heterocycles. The molecule has 0 radical (unpaired) electrons. The summed E-state index contributed by atoms with van der Waals surface area (Å²) in [6, 6.07) is 5.18. The van der Waals surface area contributed by atoms with Crippen molar-refractivity contribution in [1.29, 1.82) is 0 Å². The Morgan fingerprint density at radius 3 is 2.54 bits per heavy atom. The average Bonchev–Trinajstić information content (AvgIpc) is 2.03. The monoisotopic (exact) mass is 199 g/mol. The number of nitrogens with two attached hydrogens (primary N) is 1. The fourth-order valence-corrected chi connectivity index (χ4v) is 1.66. The van der Waals surface area contributed by atoms with Crippen LogP contribution in [0.3, 0.4) is 0 Å². The lowest BCUT2D eigenvalue weighted by Crippen LogP contribution is -2.24.